The van der Waals surface area contributed by atoms with Gasteiger partial charge in [0.05, 0.1) is 44.6 Å². The summed E-state index contributed by atoms with van der Waals surface area (Å²) in [6.07, 6.45) is 7.92. The third-order valence-corrected chi connectivity index (χ3v) is 12.1. The molecule has 0 unspecified atom stereocenters. The van der Waals surface area contributed by atoms with Gasteiger partial charge in [-0.3, -0.25) is 4.79 Å². The van der Waals surface area contributed by atoms with Crippen molar-refractivity contribution in [3.63, 3.8) is 0 Å². The lowest BCUT2D eigenvalue weighted by atomic mass is 9.80. The number of anilines is 1. The number of ether oxygens (including phenoxy) is 3. The number of carbonyl (C=O) groups is 1. The summed E-state index contributed by atoms with van der Waals surface area (Å²) in [5, 5.41) is 39.1. The fourth-order valence-electron chi connectivity index (χ4n) is 9.15. The van der Waals surface area contributed by atoms with Crippen LogP contribution in [0.3, 0.4) is 0 Å². The number of aliphatic hydroxyl groups is 2. The van der Waals surface area contributed by atoms with E-state index in [9.17, 15) is 20.1 Å². The van der Waals surface area contributed by atoms with E-state index in [0.717, 1.165) is 60.1 Å². The molecule has 5 N–H and O–H groups in total. The molecule has 4 fully saturated rings. The van der Waals surface area contributed by atoms with Crippen molar-refractivity contribution in [3.05, 3.63) is 83.4 Å². The van der Waals surface area contributed by atoms with Crippen LogP contribution in [0.15, 0.2) is 66.7 Å². The van der Waals surface area contributed by atoms with E-state index in [2.05, 4.69) is 41.8 Å². The normalized spacial score (nSPS) is 25.1. The van der Waals surface area contributed by atoms with E-state index >= 15 is 0 Å². The molecule has 10 heteroatoms. The Morgan fingerprint density at radius 3 is 2.54 bits per heavy atom. The van der Waals surface area contributed by atoms with E-state index in [1.807, 2.05) is 30.3 Å². The highest BCUT2D eigenvalue weighted by Crippen LogP contribution is 2.43. The van der Waals surface area contributed by atoms with Crippen molar-refractivity contribution in [2.24, 2.45) is 11.8 Å². The van der Waals surface area contributed by atoms with Crippen LogP contribution in [0.4, 0.5) is 5.69 Å². The minimum absolute atomic E-state index is 0.0455. The molecular weight excluding hydrogens is 658 g/mol. The second kappa shape index (κ2) is 16.1. The number of benzene rings is 3. The summed E-state index contributed by atoms with van der Waals surface area (Å²) in [4.78, 5) is 11.7. The summed E-state index contributed by atoms with van der Waals surface area (Å²) in [5.41, 5.74) is 2.04. The molecule has 1 aliphatic carbocycles. The van der Waals surface area contributed by atoms with Crippen LogP contribution in [-0.4, -0.2) is 90.4 Å². The molecule has 0 spiro atoms. The molecule has 0 radical (unpaired) electrons. The first-order valence-electron chi connectivity index (χ1n) is 19.4. The molecule has 8 rings (SSSR count). The topological polar surface area (TPSA) is 130 Å². The second-order valence-corrected chi connectivity index (χ2v) is 15.8. The smallest absolute Gasteiger partial charge is 0.262 e. The lowest BCUT2D eigenvalue weighted by molar-refractivity contribution is -0.946. The number of fused-ring (bicyclic) bond motifs is 4. The number of quaternary nitrogens is 1. The van der Waals surface area contributed by atoms with E-state index in [1.54, 1.807) is 0 Å². The molecule has 3 aromatic rings. The van der Waals surface area contributed by atoms with Crippen LogP contribution in [0.5, 0.6) is 17.2 Å². The van der Waals surface area contributed by atoms with Crippen molar-refractivity contribution < 1.29 is 38.8 Å². The van der Waals surface area contributed by atoms with Gasteiger partial charge in [0.25, 0.3) is 5.91 Å². The molecule has 1 saturated carbocycles. The maximum absolute atomic E-state index is 12.0. The van der Waals surface area contributed by atoms with Crippen molar-refractivity contribution in [1.29, 1.82) is 0 Å². The molecule has 52 heavy (non-hydrogen) atoms. The van der Waals surface area contributed by atoms with E-state index in [1.165, 1.54) is 50.9 Å². The Balaban J connectivity index is 0.847. The van der Waals surface area contributed by atoms with E-state index < -0.39 is 11.7 Å². The lowest BCUT2D eigenvalue weighted by Gasteiger charge is -2.53. The predicted molar refractivity (Wildman–Crippen MR) is 199 cm³/mol. The minimum atomic E-state index is -0.921. The van der Waals surface area contributed by atoms with Gasteiger partial charge in [-0.25, -0.2) is 0 Å². The quantitative estimate of drug-likeness (QED) is 0.0980. The van der Waals surface area contributed by atoms with Gasteiger partial charge in [0.15, 0.2) is 6.61 Å². The van der Waals surface area contributed by atoms with Crippen LogP contribution in [-0.2, 0) is 21.6 Å². The predicted octanol–water partition coefficient (Wildman–Crippen LogP) is 5.45. The number of phenols is 1. The Kier molecular flexibility index (Phi) is 11.4. The van der Waals surface area contributed by atoms with Gasteiger partial charge in [-0.05, 0) is 61.4 Å². The highest BCUT2D eigenvalue weighted by Gasteiger charge is 2.48. The van der Waals surface area contributed by atoms with Gasteiger partial charge in [0, 0.05) is 49.4 Å². The van der Waals surface area contributed by atoms with E-state index in [0.29, 0.717) is 36.1 Å². The minimum Gasteiger partial charge on any atom is -0.508 e. The first-order chi connectivity index (χ1) is 25.2. The Labute approximate surface area is 307 Å². The zero-order valence-electron chi connectivity index (χ0n) is 30.5. The molecule has 280 valence electrons. The molecule has 4 atom stereocenters. The standard InChI is InChI=1S/C42H55N3O7/c1-29(43-25-38(47)36-23-34(46)24-37-41(36)51-27-40(48)44-37)22-30-12-14-35(15-13-30)50-21-7-18-45-19-16-31(17-20-45)39(26-45)52-28-42(49,33-10-5-6-11-33)32-8-3-2-4-9-32/h2-4,8-9,12-15,23-24,29,31,33,38-39,43,47,49H,5-7,10-11,16-22,25-28H2,1H3,(H-,44,46,48)/p+1/t29-,31?,38-,39-,42+,45?/m0/s1. The Hall–Kier alpha value is -3.67. The van der Waals surface area contributed by atoms with Gasteiger partial charge in [-0.15, -0.1) is 0 Å². The first kappa shape index (κ1) is 36.7. The summed E-state index contributed by atoms with van der Waals surface area (Å²) in [6.45, 7) is 7.78. The van der Waals surface area contributed by atoms with Gasteiger partial charge in [0.2, 0.25) is 0 Å². The molecule has 3 saturated heterocycles. The number of nitrogens with zero attached hydrogens (tertiary/aromatic N) is 1. The highest BCUT2D eigenvalue weighted by atomic mass is 16.5. The van der Waals surface area contributed by atoms with Gasteiger partial charge in [-0.2, -0.15) is 0 Å². The number of amides is 1. The van der Waals surface area contributed by atoms with Gasteiger partial charge < -0.3 is 44.6 Å². The summed E-state index contributed by atoms with van der Waals surface area (Å²) >= 11 is 0. The number of hydrogen-bond donors (Lipinski definition) is 5. The summed E-state index contributed by atoms with van der Waals surface area (Å²) in [5.74, 6) is 1.76. The van der Waals surface area contributed by atoms with Gasteiger partial charge >= 0.3 is 0 Å². The van der Waals surface area contributed by atoms with Crippen LogP contribution >= 0.6 is 0 Å². The first-order valence-corrected chi connectivity index (χ1v) is 19.4. The average molecular weight is 715 g/mol. The number of nitrogens with one attached hydrogen (secondary N) is 2. The highest BCUT2D eigenvalue weighted by molar-refractivity contribution is 5.96. The molecule has 3 aromatic carbocycles. The van der Waals surface area contributed by atoms with Gasteiger partial charge in [-0.1, -0.05) is 55.3 Å². The van der Waals surface area contributed by atoms with Crippen LogP contribution in [0.25, 0.3) is 0 Å². The Bertz CT molecular complexity index is 1640. The second-order valence-electron chi connectivity index (χ2n) is 15.8. The van der Waals surface area contributed by atoms with E-state index in [4.69, 9.17) is 14.2 Å². The number of aliphatic hydroxyl groups excluding tert-OH is 1. The largest absolute Gasteiger partial charge is 0.508 e. The molecule has 4 heterocycles. The van der Waals surface area contributed by atoms with E-state index in [-0.39, 0.29) is 42.9 Å². The molecule has 5 aliphatic rings. The number of carbonyl (C=O) groups excluding carboxylic acids is 1. The van der Waals surface area contributed by atoms with Crippen LogP contribution in [0.2, 0.25) is 0 Å². The number of rotatable bonds is 16. The van der Waals surface area contributed by atoms with Crippen molar-refractivity contribution >= 4 is 11.6 Å². The molecule has 1 amide bonds. The number of hydrogen-bond acceptors (Lipinski definition) is 8. The van der Waals surface area contributed by atoms with Crippen LogP contribution < -0.4 is 20.1 Å². The molecule has 4 aliphatic heterocycles. The molecule has 2 bridgehead atoms. The summed E-state index contributed by atoms with van der Waals surface area (Å²) in [7, 11) is 0. The Morgan fingerprint density at radius 2 is 1.79 bits per heavy atom. The average Bonchev–Trinajstić information content (AvgIpc) is 3.72. The SMILES string of the molecule is C[C@@H](Cc1ccc(OCCC[N+]23CCC(CC2)[C@@H](OC[C@@](O)(c2ccccc2)C2CCCC2)C3)cc1)NC[C@H](O)c1cc(O)cc2c1OCC(=O)N2. The van der Waals surface area contributed by atoms with Crippen LogP contribution in [0.1, 0.15) is 74.7 Å². The third kappa shape index (κ3) is 8.42. The number of phenolic OH excluding ortho intramolecular Hbond substituents is 1. The monoisotopic (exact) mass is 714 g/mol. The van der Waals surface area contributed by atoms with Crippen molar-refractivity contribution in [2.45, 2.75) is 82.1 Å². The third-order valence-electron chi connectivity index (χ3n) is 12.1. The maximum Gasteiger partial charge on any atom is 0.262 e. The van der Waals surface area contributed by atoms with Crippen molar-refractivity contribution in [1.82, 2.24) is 5.32 Å². The summed E-state index contributed by atoms with van der Waals surface area (Å²) < 4.78 is 19.6. The Morgan fingerprint density at radius 1 is 1.04 bits per heavy atom. The zero-order chi connectivity index (χ0) is 36.1. The number of aromatic hydroxyl groups is 1. The van der Waals surface area contributed by atoms with Crippen molar-refractivity contribution in [2.75, 3.05) is 57.9 Å². The van der Waals surface area contributed by atoms with Gasteiger partial charge in [0.1, 0.15) is 35.5 Å². The van der Waals surface area contributed by atoms with Crippen molar-refractivity contribution in [3.8, 4) is 17.2 Å². The number of piperidine rings is 3. The maximum atomic E-state index is 12.0. The molecule has 10 nitrogen and oxygen atoms in total. The molecular formula is C42H56N3O7+. The fraction of sp³-hybridized carbons (Fsp3) is 0.548. The molecule has 0 aromatic heterocycles. The van der Waals surface area contributed by atoms with Crippen LogP contribution in [0, 0.1) is 11.8 Å². The fourth-order valence-corrected chi connectivity index (χ4v) is 9.15. The zero-order valence-corrected chi connectivity index (χ0v) is 30.5. The lowest BCUT2D eigenvalue weighted by Crippen LogP contribution is -2.65. The summed E-state index contributed by atoms with van der Waals surface area (Å²) in [6, 6.07) is 21.4.